The Hall–Kier alpha value is -0.540. The van der Waals surface area contributed by atoms with Crippen LogP contribution >= 0.6 is 12.4 Å². The average molecular weight is 203 g/mol. The van der Waals surface area contributed by atoms with Gasteiger partial charge in [0.15, 0.2) is 0 Å². The number of halogens is 1. The number of nitrogens with two attached hydrogens (primary N) is 1. The summed E-state index contributed by atoms with van der Waals surface area (Å²) in [5, 5.41) is 3.95. The van der Waals surface area contributed by atoms with Crippen LogP contribution in [0.15, 0.2) is 16.9 Å². The van der Waals surface area contributed by atoms with Gasteiger partial charge in [-0.15, -0.1) is 12.4 Å². The highest BCUT2D eigenvalue weighted by atomic mass is 35.5. The highest BCUT2D eigenvalue weighted by Gasteiger charge is 2.21. The Balaban J connectivity index is 0.000000845. The monoisotopic (exact) mass is 202 g/mol. The Bertz CT molecular complexity index is 230. The van der Waals surface area contributed by atoms with Crippen LogP contribution in [-0.2, 0) is 0 Å². The molecule has 0 radical (unpaired) electrons. The van der Waals surface area contributed by atoms with Gasteiger partial charge in [0.2, 0.25) is 0 Å². The van der Waals surface area contributed by atoms with Gasteiger partial charge in [-0.3, -0.25) is 0 Å². The van der Waals surface area contributed by atoms with Crippen LogP contribution in [0.1, 0.15) is 37.3 Å². The summed E-state index contributed by atoms with van der Waals surface area (Å²) < 4.78 is 4.81. The zero-order chi connectivity index (χ0) is 8.39. The fourth-order valence-corrected chi connectivity index (χ4v) is 1.85. The smallest absolute Gasteiger partial charge is 0.124 e. The summed E-state index contributed by atoms with van der Waals surface area (Å²) in [5.74, 6) is 0.587. The molecule has 13 heavy (non-hydrogen) atoms. The lowest BCUT2D eigenvalue weighted by molar-refractivity contribution is 0.361. The number of hydrogen-bond acceptors (Lipinski definition) is 3. The molecule has 0 saturated heterocycles. The van der Waals surface area contributed by atoms with Crippen molar-refractivity contribution in [2.24, 2.45) is 5.73 Å². The molecule has 0 spiro atoms. The summed E-state index contributed by atoms with van der Waals surface area (Å²) >= 11 is 0. The van der Waals surface area contributed by atoms with Crippen molar-refractivity contribution in [2.75, 3.05) is 0 Å². The quantitative estimate of drug-likeness (QED) is 0.759. The average Bonchev–Trinajstić information content (AvgIpc) is 2.58. The van der Waals surface area contributed by atoms with Crippen molar-refractivity contribution in [3.8, 4) is 0 Å². The van der Waals surface area contributed by atoms with E-state index in [1.54, 1.807) is 6.26 Å². The third kappa shape index (κ3) is 2.45. The fourth-order valence-electron chi connectivity index (χ4n) is 1.85. The molecule has 1 saturated carbocycles. The van der Waals surface area contributed by atoms with E-state index in [2.05, 4.69) is 5.16 Å². The summed E-state index contributed by atoms with van der Waals surface area (Å²) in [7, 11) is 0. The molecule has 1 aliphatic rings. The van der Waals surface area contributed by atoms with Gasteiger partial charge in [-0.05, 0) is 25.7 Å². The zero-order valence-corrected chi connectivity index (χ0v) is 8.30. The summed E-state index contributed by atoms with van der Waals surface area (Å²) in [4.78, 5) is 0. The van der Waals surface area contributed by atoms with Crippen LogP contribution < -0.4 is 5.73 Å². The molecule has 1 fully saturated rings. The van der Waals surface area contributed by atoms with E-state index in [-0.39, 0.29) is 12.4 Å². The molecule has 3 nitrogen and oxygen atoms in total. The standard InChI is InChI=1S/C9H14N2O.ClH/c10-8-3-1-7(2-4-8)9-5-6-12-11-9;/h5-8H,1-4,10H2;1H. The SMILES string of the molecule is Cl.NC1CCC(c2ccon2)CC1. The normalized spacial score (nSPS) is 28.1. The molecular formula is C9H15ClN2O. The summed E-state index contributed by atoms with van der Waals surface area (Å²) in [6, 6.07) is 2.37. The fraction of sp³-hybridized carbons (Fsp3) is 0.667. The van der Waals surface area contributed by atoms with Crippen LogP contribution in [0, 0.1) is 0 Å². The molecule has 1 aromatic rings. The first-order valence-electron chi connectivity index (χ1n) is 4.52. The Labute approximate surface area is 84.1 Å². The van der Waals surface area contributed by atoms with Crippen molar-refractivity contribution in [1.82, 2.24) is 5.16 Å². The molecule has 0 atom stereocenters. The molecule has 0 bridgehead atoms. The van der Waals surface area contributed by atoms with E-state index >= 15 is 0 Å². The van der Waals surface area contributed by atoms with Crippen molar-refractivity contribution in [3.05, 3.63) is 18.0 Å². The maximum atomic E-state index is 5.81. The van der Waals surface area contributed by atoms with Crippen molar-refractivity contribution < 1.29 is 4.52 Å². The summed E-state index contributed by atoms with van der Waals surface area (Å²) in [6.07, 6.45) is 6.21. The number of hydrogen-bond donors (Lipinski definition) is 1. The van der Waals surface area contributed by atoms with Crippen LogP contribution in [-0.4, -0.2) is 11.2 Å². The molecule has 0 unspecified atom stereocenters. The van der Waals surface area contributed by atoms with Crippen molar-refractivity contribution >= 4 is 12.4 Å². The molecule has 1 aliphatic carbocycles. The molecule has 1 heterocycles. The highest BCUT2D eigenvalue weighted by molar-refractivity contribution is 5.85. The minimum atomic E-state index is 0. The molecule has 2 rings (SSSR count). The molecule has 0 aromatic carbocycles. The van der Waals surface area contributed by atoms with Crippen molar-refractivity contribution in [2.45, 2.75) is 37.6 Å². The van der Waals surface area contributed by atoms with E-state index in [4.69, 9.17) is 10.3 Å². The van der Waals surface area contributed by atoms with Crippen LogP contribution in [0.5, 0.6) is 0 Å². The van der Waals surface area contributed by atoms with Gasteiger partial charge in [0.1, 0.15) is 6.26 Å². The first-order chi connectivity index (χ1) is 5.86. The Morgan fingerprint density at radius 3 is 2.54 bits per heavy atom. The van der Waals surface area contributed by atoms with Crippen molar-refractivity contribution in [1.29, 1.82) is 0 Å². The highest BCUT2D eigenvalue weighted by Crippen LogP contribution is 2.30. The third-order valence-corrected chi connectivity index (χ3v) is 2.65. The van der Waals surface area contributed by atoms with Gasteiger partial charge >= 0.3 is 0 Å². The van der Waals surface area contributed by atoms with Gasteiger partial charge in [-0.2, -0.15) is 0 Å². The molecule has 4 heteroatoms. The van der Waals surface area contributed by atoms with E-state index < -0.39 is 0 Å². The topological polar surface area (TPSA) is 52.0 Å². The minimum absolute atomic E-state index is 0. The number of nitrogens with zero attached hydrogens (tertiary/aromatic N) is 1. The predicted molar refractivity (Wildman–Crippen MR) is 52.9 cm³/mol. The summed E-state index contributed by atoms with van der Waals surface area (Å²) in [5.41, 5.74) is 6.91. The van der Waals surface area contributed by atoms with Gasteiger partial charge < -0.3 is 10.3 Å². The molecule has 74 valence electrons. The zero-order valence-electron chi connectivity index (χ0n) is 7.48. The molecule has 0 aliphatic heterocycles. The lowest BCUT2D eigenvalue weighted by Crippen LogP contribution is -2.25. The van der Waals surface area contributed by atoms with Crippen LogP contribution in [0.3, 0.4) is 0 Å². The maximum absolute atomic E-state index is 5.81. The van der Waals surface area contributed by atoms with Gasteiger partial charge in [-0.1, -0.05) is 5.16 Å². The van der Waals surface area contributed by atoms with Crippen LogP contribution in [0.2, 0.25) is 0 Å². The first-order valence-corrected chi connectivity index (χ1v) is 4.52. The molecule has 1 aromatic heterocycles. The second-order valence-electron chi connectivity index (χ2n) is 3.54. The maximum Gasteiger partial charge on any atom is 0.124 e. The van der Waals surface area contributed by atoms with Gasteiger partial charge in [0.25, 0.3) is 0 Å². The second-order valence-corrected chi connectivity index (χ2v) is 3.54. The van der Waals surface area contributed by atoms with Gasteiger partial charge in [-0.25, -0.2) is 0 Å². The van der Waals surface area contributed by atoms with Crippen molar-refractivity contribution in [3.63, 3.8) is 0 Å². The lowest BCUT2D eigenvalue weighted by Gasteiger charge is -2.23. The summed E-state index contributed by atoms with van der Waals surface area (Å²) in [6.45, 7) is 0. The van der Waals surface area contributed by atoms with E-state index in [9.17, 15) is 0 Å². The van der Waals surface area contributed by atoms with E-state index in [1.165, 1.54) is 0 Å². The lowest BCUT2D eigenvalue weighted by atomic mass is 9.85. The molecular weight excluding hydrogens is 188 g/mol. The Morgan fingerprint density at radius 1 is 1.31 bits per heavy atom. The van der Waals surface area contributed by atoms with E-state index in [0.29, 0.717) is 12.0 Å². The van der Waals surface area contributed by atoms with Gasteiger partial charge in [0, 0.05) is 18.0 Å². The Morgan fingerprint density at radius 2 is 2.00 bits per heavy atom. The first kappa shape index (κ1) is 10.5. The molecule has 2 N–H and O–H groups in total. The second kappa shape index (κ2) is 4.63. The largest absolute Gasteiger partial charge is 0.365 e. The number of aromatic nitrogens is 1. The minimum Gasteiger partial charge on any atom is -0.365 e. The molecule has 0 amide bonds. The predicted octanol–water partition coefficient (Wildman–Crippen LogP) is 2.08. The van der Waals surface area contributed by atoms with Gasteiger partial charge in [0.05, 0.1) is 5.69 Å². The van der Waals surface area contributed by atoms with Crippen LogP contribution in [0.25, 0.3) is 0 Å². The third-order valence-electron chi connectivity index (χ3n) is 2.65. The van der Waals surface area contributed by atoms with E-state index in [0.717, 1.165) is 31.4 Å². The Kier molecular flexibility index (Phi) is 3.75. The van der Waals surface area contributed by atoms with E-state index in [1.807, 2.05) is 6.07 Å². The number of rotatable bonds is 1. The van der Waals surface area contributed by atoms with Crippen LogP contribution in [0.4, 0.5) is 0 Å².